The average molecular weight is 167 g/mol. The van der Waals surface area contributed by atoms with Crippen molar-refractivity contribution in [2.24, 2.45) is 12.9 Å². The summed E-state index contributed by atoms with van der Waals surface area (Å²) in [6.45, 7) is 0.604. The van der Waals surface area contributed by atoms with Gasteiger partial charge in [-0.25, -0.2) is 5.90 Å². The Balaban J connectivity index is 2.24. The van der Waals surface area contributed by atoms with Crippen molar-refractivity contribution >= 4 is 0 Å². The van der Waals surface area contributed by atoms with Gasteiger partial charge in [-0.1, -0.05) is 0 Å². The third-order valence-corrected chi connectivity index (χ3v) is 2.58. The maximum absolute atomic E-state index is 5.08. The molecule has 0 saturated heterocycles. The Hall–Kier alpha value is -0.870. The average Bonchev–Trinajstić information content (AvgIpc) is 2.68. The van der Waals surface area contributed by atoms with E-state index in [0.29, 0.717) is 6.61 Å². The van der Waals surface area contributed by atoms with Crippen LogP contribution >= 0.6 is 0 Å². The number of hydrogen-bond acceptors (Lipinski definition) is 3. The summed E-state index contributed by atoms with van der Waals surface area (Å²) in [5.41, 5.74) is 1.40. The molecule has 66 valence electrons. The lowest BCUT2D eigenvalue weighted by Gasteiger charge is -2.13. The van der Waals surface area contributed by atoms with Gasteiger partial charge in [-0.05, 0) is 18.9 Å². The first-order valence-electron chi connectivity index (χ1n) is 4.09. The highest BCUT2D eigenvalue weighted by Crippen LogP contribution is 2.47. The van der Waals surface area contributed by atoms with E-state index in [1.54, 1.807) is 0 Å². The molecule has 2 rings (SSSR count). The second-order valence-electron chi connectivity index (χ2n) is 3.43. The molecular weight excluding hydrogens is 154 g/mol. The van der Waals surface area contributed by atoms with Crippen molar-refractivity contribution in [1.82, 2.24) is 9.78 Å². The van der Waals surface area contributed by atoms with Gasteiger partial charge < -0.3 is 4.84 Å². The van der Waals surface area contributed by atoms with Gasteiger partial charge in [-0.2, -0.15) is 5.10 Å². The first-order chi connectivity index (χ1) is 5.78. The smallest absolute Gasteiger partial charge is 0.0790 e. The number of aromatic nitrogens is 2. The molecule has 0 spiro atoms. The van der Waals surface area contributed by atoms with Gasteiger partial charge in [0.2, 0.25) is 0 Å². The molecule has 0 radical (unpaired) electrons. The van der Waals surface area contributed by atoms with E-state index < -0.39 is 0 Å². The quantitative estimate of drug-likeness (QED) is 0.660. The zero-order chi connectivity index (χ0) is 8.60. The van der Waals surface area contributed by atoms with Crippen LogP contribution in [0.15, 0.2) is 12.3 Å². The SMILES string of the molecule is Cn1nccc1C1(CON)CC1. The molecule has 0 atom stereocenters. The molecule has 0 bridgehead atoms. The number of nitrogens with zero attached hydrogens (tertiary/aromatic N) is 2. The lowest BCUT2D eigenvalue weighted by molar-refractivity contribution is 0.114. The van der Waals surface area contributed by atoms with Gasteiger partial charge in [0.1, 0.15) is 0 Å². The van der Waals surface area contributed by atoms with E-state index in [4.69, 9.17) is 10.7 Å². The van der Waals surface area contributed by atoms with Gasteiger partial charge in [-0.3, -0.25) is 4.68 Å². The first-order valence-corrected chi connectivity index (χ1v) is 4.09. The number of nitrogens with two attached hydrogens (primary N) is 1. The third kappa shape index (κ3) is 1.04. The van der Waals surface area contributed by atoms with Gasteiger partial charge in [0.25, 0.3) is 0 Å². The number of aryl methyl sites for hydroxylation is 1. The van der Waals surface area contributed by atoms with Crippen LogP contribution in [-0.2, 0) is 17.3 Å². The molecule has 1 aliphatic rings. The van der Waals surface area contributed by atoms with E-state index in [2.05, 4.69) is 5.10 Å². The summed E-state index contributed by atoms with van der Waals surface area (Å²) >= 11 is 0. The molecule has 2 N–H and O–H groups in total. The predicted molar refractivity (Wildman–Crippen MR) is 44.3 cm³/mol. The molecule has 0 aromatic carbocycles. The van der Waals surface area contributed by atoms with Crippen LogP contribution in [0, 0.1) is 0 Å². The zero-order valence-corrected chi connectivity index (χ0v) is 7.16. The minimum Gasteiger partial charge on any atom is -0.304 e. The molecule has 0 amide bonds. The Labute approximate surface area is 71.3 Å². The fourth-order valence-corrected chi connectivity index (χ4v) is 1.68. The maximum atomic E-state index is 5.08. The fraction of sp³-hybridized carbons (Fsp3) is 0.625. The molecule has 4 heteroatoms. The van der Waals surface area contributed by atoms with Gasteiger partial charge in [0.15, 0.2) is 0 Å². The summed E-state index contributed by atoms with van der Waals surface area (Å²) in [7, 11) is 1.95. The summed E-state index contributed by atoms with van der Waals surface area (Å²) in [5, 5.41) is 4.13. The summed E-state index contributed by atoms with van der Waals surface area (Å²) < 4.78 is 1.89. The van der Waals surface area contributed by atoms with E-state index in [-0.39, 0.29) is 5.41 Å². The van der Waals surface area contributed by atoms with Crippen LogP contribution < -0.4 is 5.90 Å². The fourth-order valence-electron chi connectivity index (χ4n) is 1.68. The summed E-state index contributed by atoms with van der Waals surface area (Å²) in [5.74, 6) is 5.08. The molecule has 1 fully saturated rings. The van der Waals surface area contributed by atoms with E-state index in [0.717, 1.165) is 12.8 Å². The molecule has 12 heavy (non-hydrogen) atoms. The minimum absolute atomic E-state index is 0.167. The largest absolute Gasteiger partial charge is 0.304 e. The Morgan fingerprint density at radius 2 is 2.50 bits per heavy atom. The minimum atomic E-state index is 0.167. The van der Waals surface area contributed by atoms with Crippen molar-refractivity contribution in [3.63, 3.8) is 0 Å². The van der Waals surface area contributed by atoms with Gasteiger partial charge >= 0.3 is 0 Å². The van der Waals surface area contributed by atoms with Crippen LogP contribution in [0.3, 0.4) is 0 Å². The molecule has 1 aliphatic carbocycles. The van der Waals surface area contributed by atoms with Crippen LogP contribution in [0.5, 0.6) is 0 Å². The molecule has 1 aromatic rings. The molecule has 0 unspecified atom stereocenters. The highest BCUT2D eigenvalue weighted by Gasteiger charge is 2.46. The van der Waals surface area contributed by atoms with E-state index in [1.165, 1.54) is 5.69 Å². The lowest BCUT2D eigenvalue weighted by Crippen LogP contribution is -2.21. The van der Waals surface area contributed by atoms with E-state index in [9.17, 15) is 0 Å². The zero-order valence-electron chi connectivity index (χ0n) is 7.16. The van der Waals surface area contributed by atoms with Crippen molar-refractivity contribution in [2.45, 2.75) is 18.3 Å². The van der Waals surface area contributed by atoms with Crippen molar-refractivity contribution in [1.29, 1.82) is 0 Å². The Kier molecular flexibility index (Phi) is 1.66. The number of rotatable bonds is 3. The Morgan fingerprint density at radius 1 is 1.75 bits per heavy atom. The molecule has 0 aliphatic heterocycles. The van der Waals surface area contributed by atoms with Crippen LogP contribution in [0.25, 0.3) is 0 Å². The normalized spacial score (nSPS) is 19.5. The third-order valence-electron chi connectivity index (χ3n) is 2.58. The van der Waals surface area contributed by atoms with Gasteiger partial charge in [-0.15, -0.1) is 0 Å². The number of hydrogen-bond donors (Lipinski definition) is 1. The first kappa shape index (κ1) is 7.76. The lowest BCUT2D eigenvalue weighted by atomic mass is 10.0. The van der Waals surface area contributed by atoms with Crippen molar-refractivity contribution in [3.05, 3.63) is 18.0 Å². The highest BCUT2D eigenvalue weighted by molar-refractivity contribution is 5.24. The predicted octanol–water partition coefficient (Wildman–Crippen LogP) is 0.342. The van der Waals surface area contributed by atoms with Gasteiger partial charge in [0.05, 0.1) is 6.61 Å². The van der Waals surface area contributed by atoms with Crippen molar-refractivity contribution < 1.29 is 4.84 Å². The topological polar surface area (TPSA) is 53.1 Å². The Bertz CT molecular complexity index is 278. The molecular formula is C8H13N3O. The standard InChI is InChI=1S/C8H13N3O/c1-11-7(2-5-10-11)8(3-4-8)6-12-9/h2,5H,3-4,6,9H2,1H3. The molecule has 1 heterocycles. The van der Waals surface area contributed by atoms with E-state index in [1.807, 2.05) is 24.0 Å². The van der Waals surface area contributed by atoms with Crippen LogP contribution in [0.4, 0.5) is 0 Å². The second kappa shape index (κ2) is 2.57. The summed E-state index contributed by atoms with van der Waals surface area (Å²) in [6.07, 6.45) is 4.12. The highest BCUT2D eigenvalue weighted by atomic mass is 16.6. The molecule has 1 saturated carbocycles. The Morgan fingerprint density at radius 3 is 2.92 bits per heavy atom. The molecule has 1 aromatic heterocycles. The van der Waals surface area contributed by atoms with Crippen LogP contribution in [0.1, 0.15) is 18.5 Å². The summed E-state index contributed by atoms with van der Waals surface area (Å²) in [6, 6.07) is 2.03. The second-order valence-corrected chi connectivity index (χ2v) is 3.43. The monoisotopic (exact) mass is 167 g/mol. The summed E-state index contributed by atoms with van der Waals surface area (Å²) in [4.78, 5) is 4.71. The molecule has 4 nitrogen and oxygen atoms in total. The van der Waals surface area contributed by atoms with Crippen LogP contribution in [0.2, 0.25) is 0 Å². The maximum Gasteiger partial charge on any atom is 0.0790 e. The van der Waals surface area contributed by atoms with Crippen LogP contribution in [-0.4, -0.2) is 16.4 Å². The van der Waals surface area contributed by atoms with Crippen molar-refractivity contribution in [3.8, 4) is 0 Å². The van der Waals surface area contributed by atoms with Gasteiger partial charge in [0, 0.05) is 24.4 Å². The van der Waals surface area contributed by atoms with E-state index >= 15 is 0 Å². The van der Waals surface area contributed by atoms with Crippen molar-refractivity contribution in [2.75, 3.05) is 6.61 Å².